The van der Waals surface area contributed by atoms with Crippen LogP contribution in [0.25, 0.3) is 0 Å². The number of hydrogen-bond donors (Lipinski definition) is 2. The van der Waals surface area contributed by atoms with Gasteiger partial charge >= 0.3 is 0 Å². The van der Waals surface area contributed by atoms with E-state index in [2.05, 4.69) is 22.6 Å². The molecule has 5 nitrogen and oxygen atoms in total. The molecule has 2 aliphatic rings. The van der Waals surface area contributed by atoms with Gasteiger partial charge in [-0.15, -0.1) is 24.8 Å². The van der Waals surface area contributed by atoms with Crippen LogP contribution in [0, 0.1) is 0 Å². The molecule has 0 radical (unpaired) electrons. The van der Waals surface area contributed by atoms with Crippen molar-refractivity contribution in [3.8, 4) is 0 Å². The van der Waals surface area contributed by atoms with Crippen LogP contribution < -0.4 is 10.6 Å². The number of nitrogens with zero attached hydrogens (tertiary/aromatic N) is 1. The topological polar surface area (TPSA) is 53.6 Å². The number of likely N-dealkylation sites (N-methyl/N-ethyl adjacent to an activating group) is 1. The first-order chi connectivity index (χ1) is 9.18. The first kappa shape index (κ1) is 20.9. The molecule has 0 aromatic rings. The van der Waals surface area contributed by atoms with Gasteiger partial charge in [0, 0.05) is 25.7 Å². The van der Waals surface area contributed by atoms with Crippen molar-refractivity contribution >= 4 is 30.7 Å². The highest BCUT2D eigenvalue weighted by Crippen LogP contribution is 2.21. The molecule has 1 amide bonds. The molecule has 1 heterocycles. The lowest BCUT2D eigenvalue weighted by molar-refractivity contribution is -0.128. The lowest BCUT2D eigenvalue weighted by Gasteiger charge is -2.30. The van der Waals surface area contributed by atoms with Gasteiger partial charge in [-0.25, -0.2) is 0 Å². The van der Waals surface area contributed by atoms with Gasteiger partial charge < -0.3 is 20.3 Å². The van der Waals surface area contributed by atoms with Gasteiger partial charge in [-0.2, -0.15) is 0 Å². The predicted octanol–water partition coefficient (Wildman–Crippen LogP) is 1.20. The number of carbonyl (C=O) groups is 1. The van der Waals surface area contributed by atoms with E-state index in [0.29, 0.717) is 12.6 Å². The van der Waals surface area contributed by atoms with Gasteiger partial charge in [0.1, 0.15) is 6.04 Å². The quantitative estimate of drug-likeness (QED) is 0.788. The second-order valence-corrected chi connectivity index (χ2v) is 5.72. The molecule has 2 rings (SSSR count). The second kappa shape index (κ2) is 10.6. The van der Waals surface area contributed by atoms with Crippen LogP contribution in [0.5, 0.6) is 0 Å². The minimum atomic E-state index is -0.203. The van der Waals surface area contributed by atoms with Gasteiger partial charge in [0.15, 0.2) is 0 Å². The molecule has 1 saturated heterocycles. The lowest BCUT2D eigenvalue weighted by atomic mass is 10.1. The van der Waals surface area contributed by atoms with Crippen LogP contribution in [0.2, 0.25) is 0 Å². The monoisotopic (exact) mass is 341 g/mol. The Bertz CT molecular complexity index is 302. The van der Waals surface area contributed by atoms with Crippen LogP contribution in [-0.4, -0.2) is 62.3 Å². The van der Waals surface area contributed by atoms with E-state index in [4.69, 9.17) is 4.74 Å². The summed E-state index contributed by atoms with van der Waals surface area (Å²) in [7, 11) is 2.16. The summed E-state index contributed by atoms with van der Waals surface area (Å²) in [6.45, 7) is 5.04. The zero-order chi connectivity index (χ0) is 13.7. The fourth-order valence-corrected chi connectivity index (χ4v) is 3.02. The van der Waals surface area contributed by atoms with Crippen molar-refractivity contribution in [3.05, 3.63) is 0 Å². The molecule has 2 fully saturated rings. The molecule has 0 spiro atoms. The molecule has 21 heavy (non-hydrogen) atoms. The predicted molar refractivity (Wildman–Crippen MR) is 89.6 cm³/mol. The molecular formula is C14H29Cl2N3O2. The number of amides is 1. The highest BCUT2D eigenvalue weighted by atomic mass is 35.5. The van der Waals surface area contributed by atoms with E-state index in [1.165, 1.54) is 25.7 Å². The minimum absolute atomic E-state index is 0. The Morgan fingerprint density at radius 2 is 2.00 bits per heavy atom. The molecule has 0 bridgehead atoms. The second-order valence-electron chi connectivity index (χ2n) is 5.72. The molecule has 1 aliphatic heterocycles. The molecule has 1 saturated carbocycles. The normalized spacial score (nSPS) is 26.0. The van der Waals surface area contributed by atoms with E-state index in [1.54, 1.807) is 0 Å². The smallest absolute Gasteiger partial charge is 0.239 e. The van der Waals surface area contributed by atoms with E-state index >= 15 is 0 Å². The Balaban J connectivity index is 0.00000200. The van der Waals surface area contributed by atoms with E-state index in [9.17, 15) is 4.79 Å². The number of nitrogens with one attached hydrogen (secondary N) is 2. The van der Waals surface area contributed by atoms with Crippen LogP contribution in [0.15, 0.2) is 0 Å². The average molecular weight is 342 g/mol. The SMILES string of the molecule is C[C@H]1OCCN[C@@H]1C(=O)NCCN(C)C1CCCC1.Cl.Cl. The van der Waals surface area contributed by atoms with Gasteiger partial charge in [0.25, 0.3) is 0 Å². The number of carbonyl (C=O) groups excluding carboxylic acids is 1. The van der Waals surface area contributed by atoms with Crippen molar-refractivity contribution < 1.29 is 9.53 Å². The molecule has 0 aromatic carbocycles. The van der Waals surface area contributed by atoms with Gasteiger partial charge in [0.2, 0.25) is 5.91 Å². The number of hydrogen-bond acceptors (Lipinski definition) is 4. The fourth-order valence-electron chi connectivity index (χ4n) is 3.02. The van der Waals surface area contributed by atoms with Crippen molar-refractivity contribution in [1.82, 2.24) is 15.5 Å². The summed E-state index contributed by atoms with van der Waals surface area (Å²) in [6.07, 6.45) is 5.27. The van der Waals surface area contributed by atoms with E-state index < -0.39 is 0 Å². The summed E-state index contributed by atoms with van der Waals surface area (Å²) < 4.78 is 5.49. The van der Waals surface area contributed by atoms with Crippen molar-refractivity contribution in [1.29, 1.82) is 0 Å². The largest absolute Gasteiger partial charge is 0.375 e. The first-order valence-electron chi connectivity index (χ1n) is 7.51. The van der Waals surface area contributed by atoms with Gasteiger partial charge in [0.05, 0.1) is 12.7 Å². The summed E-state index contributed by atoms with van der Waals surface area (Å²) >= 11 is 0. The molecule has 1 aliphatic carbocycles. The maximum atomic E-state index is 12.0. The van der Waals surface area contributed by atoms with Crippen LogP contribution in [0.3, 0.4) is 0 Å². The van der Waals surface area contributed by atoms with Crippen molar-refractivity contribution in [3.63, 3.8) is 0 Å². The highest BCUT2D eigenvalue weighted by Gasteiger charge is 2.28. The van der Waals surface area contributed by atoms with Crippen LogP contribution in [0.4, 0.5) is 0 Å². The molecule has 7 heteroatoms. The van der Waals surface area contributed by atoms with Crippen molar-refractivity contribution in [2.75, 3.05) is 33.3 Å². The Kier molecular flexibility index (Phi) is 10.6. The summed E-state index contributed by atoms with van der Waals surface area (Å²) in [4.78, 5) is 14.4. The fraction of sp³-hybridized carbons (Fsp3) is 0.929. The Morgan fingerprint density at radius 1 is 1.33 bits per heavy atom. The zero-order valence-corrected chi connectivity index (χ0v) is 14.6. The number of morpholine rings is 1. The number of halogens is 2. The van der Waals surface area contributed by atoms with Gasteiger partial charge in [-0.3, -0.25) is 4.79 Å². The van der Waals surface area contributed by atoms with Crippen LogP contribution in [0.1, 0.15) is 32.6 Å². The summed E-state index contributed by atoms with van der Waals surface area (Å²) in [5, 5.41) is 6.23. The number of ether oxygens (including phenoxy) is 1. The molecule has 0 unspecified atom stereocenters. The summed E-state index contributed by atoms with van der Waals surface area (Å²) in [5.41, 5.74) is 0. The minimum Gasteiger partial charge on any atom is -0.375 e. The molecule has 0 aromatic heterocycles. The standard InChI is InChI=1S/C14H27N3O2.2ClH/c1-11-13(15-8-10-19-11)14(18)16-7-9-17(2)12-5-3-4-6-12;;/h11-13,15H,3-10H2,1-2H3,(H,16,18);2*1H/t11-,13+;;/m1../s1. The third kappa shape index (κ3) is 6.28. The Hall–Kier alpha value is -0.0700. The van der Waals surface area contributed by atoms with Crippen molar-refractivity contribution in [2.24, 2.45) is 0 Å². The summed E-state index contributed by atoms with van der Waals surface area (Å²) in [6, 6.07) is 0.512. The maximum absolute atomic E-state index is 12.0. The average Bonchev–Trinajstić information content (AvgIpc) is 2.93. The summed E-state index contributed by atoms with van der Waals surface area (Å²) in [5.74, 6) is 0.0621. The van der Waals surface area contributed by atoms with Gasteiger partial charge in [-0.05, 0) is 26.8 Å². The number of rotatable bonds is 5. The highest BCUT2D eigenvalue weighted by molar-refractivity contribution is 5.85. The van der Waals surface area contributed by atoms with E-state index in [-0.39, 0.29) is 42.9 Å². The molecule has 2 N–H and O–H groups in total. The Morgan fingerprint density at radius 3 is 2.62 bits per heavy atom. The lowest BCUT2D eigenvalue weighted by Crippen LogP contribution is -2.56. The van der Waals surface area contributed by atoms with Crippen molar-refractivity contribution in [2.45, 2.75) is 50.8 Å². The third-order valence-corrected chi connectivity index (χ3v) is 4.31. The van der Waals surface area contributed by atoms with Crippen LogP contribution in [-0.2, 0) is 9.53 Å². The van der Waals surface area contributed by atoms with Gasteiger partial charge in [-0.1, -0.05) is 12.8 Å². The molecule has 2 atom stereocenters. The van der Waals surface area contributed by atoms with E-state index in [1.807, 2.05) is 6.92 Å². The third-order valence-electron chi connectivity index (χ3n) is 4.31. The first-order valence-corrected chi connectivity index (χ1v) is 7.51. The Labute approximate surface area is 140 Å². The molecular weight excluding hydrogens is 313 g/mol. The van der Waals surface area contributed by atoms with E-state index in [0.717, 1.165) is 19.6 Å². The maximum Gasteiger partial charge on any atom is 0.239 e. The zero-order valence-electron chi connectivity index (χ0n) is 13.0. The van der Waals surface area contributed by atoms with Crippen LogP contribution >= 0.6 is 24.8 Å². The molecule has 126 valence electrons.